The zero-order valence-corrected chi connectivity index (χ0v) is 16.3. The third-order valence-electron chi connectivity index (χ3n) is 5.05. The summed E-state index contributed by atoms with van der Waals surface area (Å²) in [4.78, 5) is 12.1. The molecule has 2 aromatic carbocycles. The molecule has 0 saturated heterocycles. The number of carbonyl (C=O) groups is 1. The SMILES string of the molecule is COc1cc(C(C(=O)O)C2C=CCCC2)cc(OCc2ccccc2)c1OC. The first-order valence-electron chi connectivity index (χ1n) is 9.46. The van der Waals surface area contributed by atoms with Crippen molar-refractivity contribution in [1.82, 2.24) is 0 Å². The van der Waals surface area contributed by atoms with Crippen molar-refractivity contribution in [2.75, 3.05) is 14.2 Å². The fourth-order valence-corrected chi connectivity index (χ4v) is 3.66. The van der Waals surface area contributed by atoms with Crippen molar-refractivity contribution in [3.05, 3.63) is 65.7 Å². The predicted molar refractivity (Wildman–Crippen MR) is 107 cm³/mol. The van der Waals surface area contributed by atoms with E-state index in [4.69, 9.17) is 14.2 Å². The maximum Gasteiger partial charge on any atom is 0.311 e. The highest BCUT2D eigenvalue weighted by Gasteiger charge is 2.31. The van der Waals surface area contributed by atoms with Crippen LogP contribution < -0.4 is 14.2 Å². The largest absolute Gasteiger partial charge is 0.493 e. The Morgan fingerprint density at radius 2 is 1.89 bits per heavy atom. The zero-order valence-electron chi connectivity index (χ0n) is 16.3. The predicted octanol–water partition coefficient (Wildman–Crippen LogP) is 4.81. The zero-order chi connectivity index (χ0) is 19.9. The lowest BCUT2D eigenvalue weighted by Gasteiger charge is -2.25. The standard InChI is InChI=1S/C23H26O5/c1-26-19-13-18(21(23(24)25)17-11-7-4-8-12-17)14-20(22(19)27-2)28-15-16-9-5-3-6-10-16/h3,5-7,9-11,13-14,17,21H,4,8,12,15H2,1-2H3,(H,24,25). The summed E-state index contributed by atoms with van der Waals surface area (Å²) < 4.78 is 17.0. The van der Waals surface area contributed by atoms with Crippen LogP contribution in [0.1, 0.15) is 36.3 Å². The Kier molecular flexibility index (Phi) is 6.58. The second-order valence-electron chi connectivity index (χ2n) is 6.87. The van der Waals surface area contributed by atoms with Crippen LogP contribution in [-0.2, 0) is 11.4 Å². The molecule has 2 atom stereocenters. The van der Waals surface area contributed by atoms with Gasteiger partial charge in [0, 0.05) is 0 Å². The molecule has 0 radical (unpaired) electrons. The number of methoxy groups -OCH3 is 2. The first-order chi connectivity index (χ1) is 13.6. The maximum atomic E-state index is 12.1. The first kappa shape index (κ1) is 19.8. The average molecular weight is 382 g/mol. The molecule has 5 heteroatoms. The topological polar surface area (TPSA) is 65.0 Å². The average Bonchev–Trinajstić information content (AvgIpc) is 2.73. The molecular formula is C23H26O5. The summed E-state index contributed by atoms with van der Waals surface area (Å²) in [5.74, 6) is -0.147. The summed E-state index contributed by atoms with van der Waals surface area (Å²) in [7, 11) is 3.09. The summed E-state index contributed by atoms with van der Waals surface area (Å²) in [6.45, 7) is 0.352. The lowest BCUT2D eigenvalue weighted by Crippen LogP contribution is -2.22. The summed E-state index contributed by atoms with van der Waals surface area (Å²) in [6, 6.07) is 13.3. The second-order valence-corrected chi connectivity index (χ2v) is 6.87. The molecule has 2 unspecified atom stereocenters. The number of benzene rings is 2. The molecule has 148 valence electrons. The quantitative estimate of drug-likeness (QED) is 0.664. The van der Waals surface area contributed by atoms with Gasteiger partial charge in [0.1, 0.15) is 6.61 Å². The van der Waals surface area contributed by atoms with Crippen LogP contribution in [0.25, 0.3) is 0 Å². The fraction of sp³-hybridized carbons (Fsp3) is 0.348. The van der Waals surface area contributed by atoms with E-state index in [1.807, 2.05) is 36.4 Å². The first-order valence-corrected chi connectivity index (χ1v) is 9.46. The van der Waals surface area contributed by atoms with Crippen LogP contribution in [0.2, 0.25) is 0 Å². The van der Waals surface area contributed by atoms with Crippen LogP contribution in [0.5, 0.6) is 17.2 Å². The third-order valence-corrected chi connectivity index (χ3v) is 5.05. The van der Waals surface area contributed by atoms with Gasteiger partial charge in [-0.15, -0.1) is 0 Å². The number of aliphatic carboxylic acids is 1. The fourth-order valence-electron chi connectivity index (χ4n) is 3.66. The molecule has 1 aliphatic rings. The molecule has 0 amide bonds. The van der Waals surface area contributed by atoms with Gasteiger partial charge in [0.05, 0.1) is 20.1 Å². The Morgan fingerprint density at radius 1 is 1.14 bits per heavy atom. The van der Waals surface area contributed by atoms with E-state index in [0.29, 0.717) is 29.4 Å². The van der Waals surface area contributed by atoms with Crippen LogP contribution in [-0.4, -0.2) is 25.3 Å². The summed E-state index contributed by atoms with van der Waals surface area (Å²) in [6.07, 6.45) is 6.93. The number of hydrogen-bond donors (Lipinski definition) is 1. The van der Waals surface area contributed by atoms with Crippen molar-refractivity contribution in [3.8, 4) is 17.2 Å². The number of rotatable bonds is 8. The number of hydrogen-bond acceptors (Lipinski definition) is 4. The Morgan fingerprint density at radius 3 is 2.50 bits per heavy atom. The monoisotopic (exact) mass is 382 g/mol. The molecule has 5 nitrogen and oxygen atoms in total. The van der Waals surface area contributed by atoms with Crippen LogP contribution in [0.3, 0.4) is 0 Å². The van der Waals surface area contributed by atoms with Gasteiger partial charge in [-0.2, -0.15) is 0 Å². The molecule has 0 spiro atoms. The molecule has 3 rings (SSSR count). The Balaban J connectivity index is 1.97. The van der Waals surface area contributed by atoms with Crippen LogP contribution in [0.15, 0.2) is 54.6 Å². The van der Waals surface area contributed by atoms with E-state index < -0.39 is 11.9 Å². The number of allylic oxidation sites excluding steroid dienone is 2. The Labute approximate surface area is 165 Å². The molecule has 0 fully saturated rings. The van der Waals surface area contributed by atoms with E-state index in [1.165, 1.54) is 0 Å². The van der Waals surface area contributed by atoms with Gasteiger partial charge in [-0.05, 0) is 48.4 Å². The van der Waals surface area contributed by atoms with Gasteiger partial charge in [0.2, 0.25) is 5.75 Å². The summed E-state index contributed by atoms with van der Waals surface area (Å²) >= 11 is 0. The Hall–Kier alpha value is -2.95. The van der Waals surface area contributed by atoms with Gasteiger partial charge in [0.25, 0.3) is 0 Å². The number of carboxylic acid groups (broad SMARTS) is 1. The van der Waals surface area contributed by atoms with E-state index in [-0.39, 0.29) is 5.92 Å². The highest BCUT2D eigenvalue weighted by atomic mass is 16.5. The molecule has 1 N–H and O–H groups in total. The number of ether oxygens (including phenoxy) is 3. The summed E-state index contributed by atoms with van der Waals surface area (Å²) in [5.41, 5.74) is 1.67. The molecule has 1 aliphatic carbocycles. The van der Waals surface area contributed by atoms with E-state index in [0.717, 1.165) is 24.8 Å². The number of carboxylic acids is 1. The van der Waals surface area contributed by atoms with Gasteiger partial charge < -0.3 is 19.3 Å². The van der Waals surface area contributed by atoms with Gasteiger partial charge in [-0.1, -0.05) is 42.5 Å². The Bertz CT molecular complexity index is 828. The van der Waals surface area contributed by atoms with Crippen molar-refractivity contribution in [3.63, 3.8) is 0 Å². The van der Waals surface area contributed by atoms with Crippen molar-refractivity contribution in [1.29, 1.82) is 0 Å². The van der Waals surface area contributed by atoms with Crippen molar-refractivity contribution < 1.29 is 24.1 Å². The van der Waals surface area contributed by atoms with Crippen LogP contribution in [0.4, 0.5) is 0 Å². The normalized spacial score (nSPS) is 17.0. The maximum absolute atomic E-state index is 12.1. The molecule has 0 aromatic heterocycles. The second kappa shape index (κ2) is 9.31. The van der Waals surface area contributed by atoms with Gasteiger partial charge >= 0.3 is 5.97 Å². The highest BCUT2D eigenvalue weighted by molar-refractivity contribution is 5.78. The molecule has 0 saturated carbocycles. The van der Waals surface area contributed by atoms with Crippen molar-refractivity contribution in [2.24, 2.45) is 5.92 Å². The van der Waals surface area contributed by atoms with Crippen LogP contribution in [0, 0.1) is 5.92 Å². The van der Waals surface area contributed by atoms with E-state index in [9.17, 15) is 9.90 Å². The van der Waals surface area contributed by atoms with Gasteiger partial charge in [-0.3, -0.25) is 4.79 Å². The van der Waals surface area contributed by atoms with E-state index in [2.05, 4.69) is 6.08 Å². The lowest BCUT2D eigenvalue weighted by molar-refractivity contribution is -0.139. The smallest absolute Gasteiger partial charge is 0.311 e. The highest BCUT2D eigenvalue weighted by Crippen LogP contribution is 2.43. The summed E-state index contributed by atoms with van der Waals surface area (Å²) in [5, 5.41) is 9.92. The third kappa shape index (κ3) is 4.47. The van der Waals surface area contributed by atoms with Crippen molar-refractivity contribution in [2.45, 2.75) is 31.8 Å². The minimum atomic E-state index is -0.849. The van der Waals surface area contributed by atoms with E-state index in [1.54, 1.807) is 26.4 Å². The molecule has 0 heterocycles. The van der Waals surface area contributed by atoms with Crippen LogP contribution >= 0.6 is 0 Å². The molecule has 28 heavy (non-hydrogen) atoms. The van der Waals surface area contributed by atoms with E-state index >= 15 is 0 Å². The molecule has 0 bridgehead atoms. The van der Waals surface area contributed by atoms with Crippen molar-refractivity contribution >= 4 is 5.97 Å². The van der Waals surface area contributed by atoms with Gasteiger partial charge in [0.15, 0.2) is 11.5 Å². The lowest BCUT2D eigenvalue weighted by atomic mass is 9.80. The molecule has 2 aromatic rings. The molecular weight excluding hydrogens is 356 g/mol. The van der Waals surface area contributed by atoms with Gasteiger partial charge in [-0.25, -0.2) is 0 Å². The minimum absolute atomic E-state index is 0.0497. The molecule has 0 aliphatic heterocycles. The minimum Gasteiger partial charge on any atom is -0.493 e.